The number of carbonyl (C=O) groups excluding carboxylic acids is 2. The molecule has 10 nitrogen and oxygen atoms in total. The number of hydrazine groups is 1. The highest BCUT2D eigenvalue weighted by Gasteiger charge is 2.52. The first-order valence-corrected chi connectivity index (χ1v) is 11.8. The summed E-state index contributed by atoms with van der Waals surface area (Å²) in [5.74, 6) is -1.30. The Morgan fingerprint density at radius 1 is 1.17 bits per heavy atom. The maximum absolute atomic E-state index is 13.7. The lowest BCUT2D eigenvalue weighted by atomic mass is 9.81. The standard InChI is InChI=1S/C25H28N4O6/c30-20(31)14-35-16-6-4-15(5-7-16)23-22-18(8-9-26-23)17-2-1-3-19(21(17)24(22)32)27-25(33)28-29-10-12-34-13-11-29/h1-7,18-19,21-22H,8-14H2,(H,30,31)(H2,27,28,33). The van der Waals surface area contributed by atoms with Crippen LogP contribution in [0.5, 0.6) is 5.75 Å². The number of aliphatic carboxylic acids is 1. The van der Waals surface area contributed by atoms with Crippen molar-refractivity contribution >= 4 is 23.5 Å². The van der Waals surface area contributed by atoms with Crippen LogP contribution in [0.15, 0.2) is 53.1 Å². The number of hydrogen-bond acceptors (Lipinski definition) is 7. The van der Waals surface area contributed by atoms with E-state index in [9.17, 15) is 14.4 Å². The molecule has 2 aliphatic heterocycles. The molecular weight excluding hydrogens is 452 g/mol. The van der Waals surface area contributed by atoms with Gasteiger partial charge in [-0.2, -0.15) is 0 Å². The minimum Gasteiger partial charge on any atom is -0.482 e. The molecule has 2 aliphatic carbocycles. The predicted molar refractivity (Wildman–Crippen MR) is 126 cm³/mol. The van der Waals surface area contributed by atoms with E-state index in [0.29, 0.717) is 38.6 Å². The maximum atomic E-state index is 13.7. The van der Waals surface area contributed by atoms with Gasteiger partial charge < -0.3 is 19.9 Å². The summed E-state index contributed by atoms with van der Waals surface area (Å²) in [6, 6.07) is 6.24. The van der Waals surface area contributed by atoms with E-state index >= 15 is 0 Å². The highest BCUT2D eigenvalue weighted by Crippen LogP contribution is 2.47. The summed E-state index contributed by atoms with van der Waals surface area (Å²) < 4.78 is 10.5. The van der Waals surface area contributed by atoms with Crippen LogP contribution in [0.2, 0.25) is 0 Å². The fourth-order valence-corrected chi connectivity index (χ4v) is 5.34. The SMILES string of the molecule is O=C(O)COc1ccc(C2=NCCC3C4=CC=CC(NC(=O)NN5CCOCC5)C4C(=O)C23)cc1. The highest BCUT2D eigenvalue weighted by atomic mass is 16.5. The molecule has 10 heteroatoms. The number of amides is 2. The lowest BCUT2D eigenvalue weighted by Crippen LogP contribution is -2.54. The number of aliphatic imine (C=N–C) groups is 1. The first-order chi connectivity index (χ1) is 17.0. The molecule has 4 unspecified atom stereocenters. The molecule has 0 spiro atoms. The molecule has 1 saturated heterocycles. The van der Waals surface area contributed by atoms with Crippen molar-refractivity contribution in [2.24, 2.45) is 22.7 Å². The van der Waals surface area contributed by atoms with Gasteiger partial charge in [0, 0.05) is 19.6 Å². The van der Waals surface area contributed by atoms with Gasteiger partial charge in [0.15, 0.2) is 12.4 Å². The van der Waals surface area contributed by atoms with E-state index < -0.39 is 24.5 Å². The summed E-state index contributed by atoms with van der Waals surface area (Å²) in [4.78, 5) is 41.8. The molecule has 0 radical (unpaired) electrons. The van der Waals surface area contributed by atoms with Crippen LogP contribution < -0.4 is 15.5 Å². The van der Waals surface area contributed by atoms with Crippen molar-refractivity contribution in [2.45, 2.75) is 12.5 Å². The summed E-state index contributed by atoms with van der Waals surface area (Å²) in [7, 11) is 0. The topological polar surface area (TPSA) is 130 Å². The fraction of sp³-hybridized carbons (Fsp3) is 0.440. The smallest absolute Gasteiger partial charge is 0.341 e. The van der Waals surface area contributed by atoms with Gasteiger partial charge in [-0.05, 0) is 42.2 Å². The van der Waals surface area contributed by atoms with E-state index in [1.807, 2.05) is 35.4 Å². The third kappa shape index (κ3) is 4.85. The van der Waals surface area contributed by atoms with Gasteiger partial charge in [0.1, 0.15) is 5.75 Å². The van der Waals surface area contributed by atoms with Crippen molar-refractivity contribution in [1.29, 1.82) is 0 Å². The van der Waals surface area contributed by atoms with Crippen molar-refractivity contribution in [3.63, 3.8) is 0 Å². The number of fused-ring (bicyclic) bond motifs is 3. The van der Waals surface area contributed by atoms with Gasteiger partial charge in [0.25, 0.3) is 0 Å². The van der Waals surface area contributed by atoms with E-state index in [1.165, 1.54) is 0 Å². The van der Waals surface area contributed by atoms with E-state index in [1.54, 1.807) is 12.1 Å². The zero-order chi connectivity index (χ0) is 24.4. The summed E-state index contributed by atoms with van der Waals surface area (Å²) >= 11 is 0. The number of carboxylic acids is 1. The summed E-state index contributed by atoms with van der Waals surface area (Å²) in [6.07, 6.45) is 6.58. The molecule has 4 aliphatic rings. The van der Waals surface area contributed by atoms with Crippen molar-refractivity contribution in [1.82, 2.24) is 15.8 Å². The molecular formula is C25H28N4O6. The van der Waals surface area contributed by atoms with Gasteiger partial charge in [-0.3, -0.25) is 15.2 Å². The molecule has 5 rings (SSSR count). The third-order valence-corrected chi connectivity index (χ3v) is 6.87. The molecule has 1 aromatic carbocycles. The van der Waals surface area contributed by atoms with E-state index in [-0.39, 0.29) is 23.7 Å². The Balaban J connectivity index is 1.30. The second-order valence-electron chi connectivity index (χ2n) is 8.99. The first kappa shape index (κ1) is 23.3. The van der Waals surface area contributed by atoms with Crippen molar-refractivity contribution in [3.05, 3.63) is 53.6 Å². The Morgan fingerprint density at radius 2 is 1.94 bits per heavy atom. The summed E-state index contributed by atoms with van der Waals surface area (Å²) in [5, 5.41) is 13.6. The zero-order valence-corrected chi connectivity index (χ0v) is 19.2. The number of carboxylic acid groups (broad SMARTS) is 1. The van der Waals surface area contributed by atoms with Crippen molar-refractivity contribution < 1.29 is 29.0 Å². The Morgan fingerprint density at radius 3 is 2.69 bits per heavy atom. The molecule has 35 heavy (non-hydrogen) atoms. The lowest BCUT2D eigenvalue weighted by molar-refractivity contribution is -0.139. The van der Waals surface area contributed by atoms with Crippen LogP contribution >= 0.6 is 0 Å². The molecule has 1 aromatic rings. The number of ketones is 1. The van der Waals surface area contributed by atoms with Gasteiger partial charge in [-0.1, -0.05) is 23.8 Å². The number of nitrogens with one attached hydrogen (secondary N) is 2. The molecule has 0 bridgehead atoms. The Bertz CT molecular complexity index is 1090. The molecule has 4 atom stereocenters. The average molecular weight is 481 g/mol. The largest absolute Gasteiger partial charge is 0.482 e. The van der Waals surface area contributed by atoms with Crippen LogP contribution in [0.1, 0.15) is 12.0 Å². The number of benzene rings is 1. The first-order valence-electron chi connectivity index (χ1n) is 11.8. The predicted octanol–water partition coefficient (Wildman–Crippen LogP) is 1.19. The van der Waals surface area contributed by atoms with Gasteiger partial charge >= 0.3 is 12.0 Å². The van der Waals surface area contributed by atoms with E-state index in [0.717, 1.165) is 23.3 Å². The van der Waals surface area contributed by atoms with Gasteiger partial charge in [-0.25, -0.2) is 14.6 Å². The number of carbonyl (C=O) groups is 3. The monoisotopic (exact) mass is 480 g/mol. The number of nitrogens with zero attached hydrogens (tertiary/aromatic N) is 2. The molecule has 3 N–H and O–H groups in total. The third-order valence-electron chi connectivity index (χ3n) is 6.87. The normalized spacial score (nSPS) is 27.8. The van der Waals surface area contributed by atoms with Gasteiger partial charge in [0.2, 0.25) is 0 Å². The average Bonchev–Trinajstić information content (AvgIpc) is 3.17. The Hall–Kier alpha value is -3.50. The highest BCUT2D eigenvalue weighted by molar-refractivity contribution is 6.17. The number of allylic oxidation sites excluding steroid dienone is 2. The fourth-order valence-electron chi connectivity index (χ4n) is 5.34. The van der Waals surface area contributed by atoms with Gasteiger partial charge in [-0.15, -0.1) is 0 Å². The minimum atomic E-state index is -1.04. The Kier molecular flexibility index (Phi) is 6.65. The van der Waals surface area contributed by atoms with Crippen LogP contribution in [-0.4, -0.2) is 79.1 Å². The zero-order valence-electron chi connectivity index (χ0n) is 19.2. The quantitative estimate of drug-likeness (QED) is 0.558. The van der Waals surface area contributed by atoms with E-state index in [2.05, 4.69) is 10.7 Å². The molecule has 1 saturated carbocycles. The molecule has 2 fully saturated rings. The van der Waals surface area contributed by atoms with Crippen molar-refractivity contribution in [2.75, 3.05) is 39.5 Å². The van der Waals surface area contributed by atoms with Gasteiger partial charge in [0.05, 0.1) is 36.8 Å². The van der Waals surface area contributed by atoms with Crippen LogP contribution in [0, 0.1) is 17.8 Å². The molecule has 184 valence electrons. The number of morpholine rings is 1. The van der Waals surface area contributed by atoms with Crippen LogP contribution in [0.3, 0.4) is 0 Å². The molecule has 2 amide bonds. The maximum Gasteiger partial charge on any atom is 0.341 e. The number of ether oxygens (including phenoxy) is 2. The second-order valence-corrected chi connectivity index (χ2v) is 8.99. The number of urea groups is 1. The Labute approximate surface area is 202 Å². The van der Waals surface area contributed by atoms with Crippen LogP contribution in [0.4, 0.5) is 4.79 Å². The number of hydrogen-bond donors (Lipinski definition) is 3. The minimum absolute atomic E-state index is 0.0412. The summed E-state index contributed by atoms with van der Waals surface area (Å²) in [5.41, 5.74) is 5.45. The van der Waals surface area contributed by atoms with E-state index in [4.69, 9.17) is 19.6 Å². The molecule has 2 heterocycles. The van der Waals surface area contributed by atoms with Crippen LogP contribution in [0.25, 0.3) is 0 Å². The number of Topliss-reactive ketones (excluding diaryl/α,β-unsaturated/α-hetero) is 1. The lowest BCUT2D eigenvalue weighted by Gasteiger charge is -2.30. The summed E-state index contributed by atoms with van der Waals surface area (Å²) in [6.45, 7) is 2.56. The second kappa shape index (κ2) is 10.0. The van der Waals surface area contributed by atoms with Crippen LogP contribution in [-0.2, 0) is 14.3 Å². The molecule has 0 aromatic heterocycles. The van der Waals surface area contributed by atoms with Crippen molar-refractivity contribution in [3.8, 4) is 5.75 Å². The number of rotatable bonds is 6.